The van der Waals surface area contributed by atoms with Gasteiger partial charge in [0.1, 0.15) is 5.75 Å². The van der Waals surface area contributed by atoms with Crippen molar-refractivity contribution in [3.63, 3.8) is 0 Å². The van der Waals surface area contributed by atoms with Gasteiger partial charge in [0.05, 0.1) is 15.9 Å². The zero-order valence-corrected chi connectivity index (χ0v) is 11.6. The molecule has 0 bridgehead atoms. The van der Waals surface area contributed by atoms with Gasteiger partial charge in [-0.2, -0.15) is 9.36 Å². The molecule has 0 atom stereocenters. The summed E-state index contributed by atoms with van der Waals surface area (Å²) in [6.45, 7) is 2.49. The molecule has 1 aromatic carbocycles. The van der Waals surface area contributed by atoms with Crippen molar-refractivity contribution in [2.45, 2.75) is 6.92 Å². The van der Waals surface area contributed by atoms with E-state index in [1.807, 2.05) is 19.1 Å². The Labute approximate surface area is 111 Å². The molecule has 90 valence electrons. The van der Waals surface area contributed by atoms with Gasteiger partial charge >= 0.3 is 5.69 Å². The molecule has 0 saturated heterocycles. The highest BCUT2D eigenvalue weighted by molar-refractivity contribution is 14.1. The summed E-state index contributed by atoms with van der Waals surface area (Å²) in [5.74, 6) is 0.739. The van der Waals surface area contributed by atoms with Crippen LogP contribution in [-0.4, -0.2) is 26.4 Å². The lowest BCUT2D eigenvalue weighted by Gasteiger charge is -2.08. The normalized spacial score (nSPS) is 10.5. The van der Waals surface area contributed by atoms with Crippen molar-refractivity contribution in [1.82, 2.24) is 19.8 Å². The number of rotatable bonds is 3. The number of hydrogen-bond donors (Lipinski definition) is 0. The van der Waals surface area contributed by atoms with Crippen LogP contribution in [0.15, 0.2) is 23.0 Å². The number of aromatic nitrogens is 4. The fourth-order valence-corrected chi connectivity index (χ4v) is 2.14. The highest BCUT2D eigenvalue weighted by atomic mass is 127. The largest absolute Gasteiger partial charge is 0.493 e. The number of aryl methyl sites for hydroxylation is 1. The third kappa shape index (κ3) is 2.19. The Bertz CT molecular complexity index is 590. The summed E-state index contributed by atoms with van der Waals surface area (Å²) in [4.78, 5) is 11.7. The number of nitrogens with zero attached hydrogens (tertiary/aromatic N) is 4. The molecule has 0 radical (unpaired) electrons. The van der Waals surface area contributed by atoms with E-state index in [0.717, 1.165) is 9.32 Å². The Kier molecular flexibility index (Phi) is 3.46. The lowest BCUT2D eigenvalue weighted by Crippen LogP contribution is -2.22. The number of ether oxygens (including phenoxy) is 1. The van der Waals surface area contributed by atoms with Crippen LogP contribution in [0.3, 0.4) is 0 Å². The number of benzene rings is 1. The lowest BCUT2D eigenvalue weighted by atomic mass is 10.3. The zero-order chi connectivity index (χ0) is 12.4. The van der Waals surface area contributed by atoms with E-state index in [9.17, 15) is 4.79 Å². The van der Waals surface area contributed by atoms with Gasteiger partial charge in [-0.3, -0.25) is 0 Å². The summed E-state index contributed by atoms with van der Waals surface area (Å²) in [6.07, 6.45) is 0. The van der Waals surface area contributed by atoms with E-state index in [0.29, 0.717) is 12.3 Å². The molecule has 1 heterocycles. The van der Waals surface area contributed by atoms with Gasteiger partial charge in [0.15, 0.2) is 0 Å². The van der Waals surface area contributed by atoms with E-state index < -0.39 is 0 Å². The van der Waals surface area contributed by atoms with E-state index >= 15 is 0 Å². The molecule has 7 heteroatoms. The molecule has 0 aliphatic heterocycles. The minimum absolute atomic E-state index is 0.281. The summed E-state index contributed by atoms with van der Waals surface area (Å²) >= 11 is 2.13. The molecule has 1 aromatic heterocycles. The van der Waals surface area contributed by atoms with Crippen LogP contribution in [0.1, 0.15) is 6.92 Å². The predicted molar refractivity (Wildman–Crippen MR) is 70.5 cm³/mol. The van der Waals surface area contributed by atoms with Crippen molar-refractivity contribution in [3.05, 3.63) is 32.3 Å². The molecular weight excluding hydrogens is 335 g/mol. The quantitative estimate of drug-likeness (QED) is 0.777. The van der Waals surface area contributed by atoms with Crippen LogP contribution in [-0.2, 0) is 7.05 Å². The molecule has 0 amide bonds. The number of halogens is 1. The Morgan fingerprint density at radius 2 is 2.18 bits per heavy atom. The minimum atomic E-state index is -0.281. The third-order valence-corrected chi connectivity index (χ3v) is 3.28. The van der Waals surface area contributed by atoms with Crippen LogP contribution in [0.4, 0.5) is 0 Å². The molecule has 2 aromatic rings. The second-order valence-corrected chi connectivity index (χ2v) is 4.40. The van der Waals surface area contributed by atoms with Crippen molar-refractivity contribution in [3.8, 4) is 11.4 Å². The first kappa shape index (κ1) is 12.1. The average Bonchev–Trinajstić information content (AvgIpc) is 2.64. The van der Waals surface area contributed by atoms with E-state index in [-0.39, 0.29) is 5.69 Å². The Morgan fingerprint density at radius 3 is 2.76 bits per heavy atom. The predicted octanol–water partition coefficient (Wildman–Crippen LogP) is 0.969. The van der Waals surface area contributed by atoms with E-state index in [4.69, 9.17) is 4.74 Å². The molecule has 0 aliphatic carbocycles. The van der Waals surface area contributed by atoms with Crippen molar-refractivity contribution in [2.75, 3.05) is 6.61 Å². The Balaban J connectivity index is 2.56. The topological polar surface area (TPSA) is 61.9 Å². The van der Waals surface area contributed by atoms with Crippen LogP contribution in [0, 0.1) is 3.57 Å². The van der Waals surface area contributed by atoms with Gasteiger partial charge in [0.2, 0.25) is 0 Å². The van der Waals surface area contributed by atoms with Gasteiger partial charge in [0, 0.05) is 7.05 Å². The van der Waals surface area contributed by atoms with Gasteiger partial charge < -0.3 is 4.74 Å². The third-order valence-electron chi connectivity index (χ3n) is 2.19. The molecule has 0 N–H and O–H groups in total. The summed E-state index contributed by atoms with van der Waals surface area (Å²) in [5, 5.41) is 7.49. The average molecular weight is 346 g/mol. The monoisotopic (exact) mass is 346 g/mol. The Hall–Kier alpha value is -1.38. The maximum absolute atomic E-state index is 11.7. The summed E-state index contributed by atoms with van der Waals surface area (Å²) in [7, 11) is 1.56. The van der Waals surface area contributed by atoms with Gasteiger partial charge in [-0.1, -0.05) is 6.07 Å². The molecule has 2 rings (SSSR count). The van der Waals surface area contributed by atoms with Crippen LogP contribution < -0.4 is 10.4 Å². The number of hydrogen-bond acceptors (Lipinski definition) is 4. The zero-order valence-electron chi connectivity index (χ0n) is 9.42. The molecule has 0 spiro atoms. The summed E-state index contributed by atoms with van der Waals surface area (Å²) in [5.41, 5.74) is 0.395. The van der Waals surface area contributed by atoms with E-state index in [1.165, 1.54) is 9.36 Å². The number of tetrazole rings is 1. The van der Waals surface area contributed by atoms with Crippen LogP contribution in [0.5, 0.6) is 5.75 Å². The molecule has 6 nitrogen and oxygen atoms in total. The van der Waals surface area contributed by atoms with E-state index in [1.54, 1.807) is 13.1 Å². The van der Waals surface area contributed by atoms with Gasteiger partial charge in [0.25, 0.3) is 0 Å². The molecule has 0 fully saturated rings. The molecule has 0 aliphatic rings. The second-order valence-electron chi connectivity index (χ2n) is 3.32. The van der Waals surface area contributed by atoms with Crippen molar-refractivity contribution < 1.29 is 4.74 Å². The molecule has 17 heavy (non-hydrogen) atoms. The first-order chi connectivity index (χ1) is 8.15. The highest BCUT2D eigenvalue weighted by Crippen LogP contribution is 2.25. The van der Waals surface area contributed by atoms with Crippen molar-refractivity contribution in [1.29, 1.82) is 0 Å². The molecule has 0 unspecified atom stereocenters. The fraction of sp³-hybridized carbons (Fsp3) is 0.300. The molecular formula is C10H11IN4O2. The summed E-state index contributed by atoms with van der Waals surface area (Å²) in [6, 6.07) is 5.49. The first-order valence-corrected chi connectivity index (χ1v) is 6.13. The highest BCUT2D eigenvalue weighted by Gasteiger charge is 2.12. The fourth-order valence-electron chi connectivity index (χ4n) is 1.39. The maximum Gasteiger partial charge on any atom is 0.368 e. The molecule has 0 saturated carbocycles. The Morgan fingerprint density at radius 1 is 1.41 bits per heavy atom. The van der Waals surface area contributed by atoms with Gasteiger partial charge in [-0.05, 0) is 52.1 Å². The van der Waals surface area contributed by atoms with Crippen LogP contribution in [0.25, 0.3) is 5.69 Å². The van der Waals surface area contributed by atoms with Gasteiger partial charge in [-0.25, -0.2) is 4.79 Å². The van der Waals surface area contributed by atoms with Crippen LogP contribution >= 0.6 is 22.6 Å². The standard InChI is InChI=1S/C10H11IN4O2/c1-3-17-8-6-4-5-7(9(8)11)15-10(16)14(2)12-13-15/h4-6H,3H2,1-2H3. The second kappa shape index (κ2) is 4.86. The maximum atomic E-state index is 11.7. The van der Waals surface area contributed by atoms with Crippen LogP contribution in [0.2, 0.25) is 0 Å². The first-order valence-electron chi connectivity index (χ1n) is 5.06. The van der Waals surface area contributed by atoms with E-state index in [2.05, 4.69) is 33.0 Å². The summed E-state index contributed by atoms with van der Waals surface area (Å²) < 4.78 is 8.75. The van der Waals surface area contributed by atoms with Gasteiger partial charge in [-0.15, -0.1) is 0 Å². The minimum Gasteiger partial charge on any atom is -0.493 e. The van der Waals surface area contributed by atoms with Crippen molar-refractivity contribution in [2.24, 2.45) is 7.05 Å². The SMILES string of the molecule is CCOc1cccc(-n2nnn(C)c2=O)c1I. The van der Waals surface area contributed by atoms with Crippen molar-refractivity contribution >= 4 is 22.6 Å². The smallest absolute Gasteiger partial charge is 0.368 e. The lowest BCUT2D eigenvalue weighted by molar-refractivity contribution is 0.337.